The number of benzene rings is 1. The van der Waals surface area contributed by atoms with Gasteiger partial charge in [0.25, 0.3) is 0 Å². The first-order valence-electron chi connectivity index (χ1n) is 7.40. The van der Waals surface area contributed by atoms with E-state index in [1.807, 2.05) is 25.1 Å². The average molecular weight is 293 g/mol. The summed E-state index contributed by atoms with van der Waals surface area (Å²) in [6, 6.07) is 5.80. The summed E-state index contributed by atoms with van der Waals surface area (Å²) in [6.07, 6.45) is 1.01. The highest BCUT2D eigenvalue weighted by Crippen LogP contribution is 2.11. The molecule has 0 aliphatic carbocycles. The molecule has 1 aromatic rings. The normalized spacial score (nSPS) is 12.1. The van der Waals surface area contributed by atoms with Gasteiger partial charge in [0, 0.05) is 25.3 Å². The van der Waals surface area contributed by atoms with Gasteiger partial charge < -0.3 is 21.0 Å². The highest BCUT2D eigenvalue weighted by Gasteiger charge is 2.03. The van der Waals surface area contributed by atoms with E-state index in [2.05, 4.69) is 24.3 Å². The molecule has 0 spiro atoms. The molecule has 0 saturated carbocycles. The molecule has 0 atom stereocenters. The van der Waals surface area contributed by atoms with Gasteiger partial charge in [-0.1, -0.05) is 31.1 Å². The number of nitrogens with zero attached hydrogens (tertiary/aromatic N) is 1. The van der Waals surface area contributed by atoms with Crippen molar-refractivity contribution in [1.82, 2.24) is 5.32 Å². The van der Waals surface area contributed by atoms with Crippen LogP contribution >= 0.6 is 0 Å². The van der Waals surface area contributed by atoms with E-state index in [-0.39, 0.29) is 5.84 Å². The van der Waals surface area contributed by atoms with Gasteiger partial charge in [-0.3, -0.25) is 0 Å². The second-order valence-corrected chi connectivity index (χ2v) is 5.63. The van der Waals surface area contributed by atoms with Crippen LogP contribution in [0.25, 0.3) is 0 Å². The Labute approximate surface area is 127 Å². The van der Waals surface area contributed by atoms with Crippen LogP contribution in [0.1, 0.15) is 37.0 Å². The molecule has 0 heterocycles. The minimum Gasteiger partial charge on any atom is -0.409 e. The summed E-state index contributed by atoms with van der Waals surface area (Å²) in [5, 5.41) is 15.1. The molecule has 0 amide bonds. The SMILES string of the molecule is Cc1cc(/C(N)=N/O)ccc1CNCCCOCC(C)C. The van der Waals surface area contributed by atoms with Crippen LogP contribution in [0.5, 0.6) is 0 Å². The van der Waals surface area contributed by atoms with Crippen molar-refractivity contribution in [3.8, 4) is 0 Å². The number of nitrogens with two attached hydrogens (primary N) is 1. The van der Waals surface area contributed by atoms with Gasteiger partial charge in [-0.25, -0.2) is 0 Å². The first-order valence-corrected chi connectivity index (χ1v) is 7.40. The van der Waals surface area contributed by atoms with Crippen LogP contribution in [0.15, 0.2) is 23.4 Å². The Morgan fingerprint density at radius 2 is 2.19 bits per heavy atom. The monoisotopic (exact) mass is 293 g/mol. The zero-order valence-electron chi connectivity index (χ0n) is 13.2. The van der Waals surface area contributed by atoms with Crippen LogP contribution in [-0.4, -0.2) is 30.8 Å². The van der Waals surface area contributed by atoms with Crippen LogP contribution in [0.4, 0.5) is 0 Å². The van der Waals surface area contributed by atoms with Crippen molar-refractivity contribution in [2.24, 2.45) is 16.8 Å². The minimum atomic E-state index is 0.139. The molecular weight excluding hydrogens is 266 g/mol. The molecule has 5 nitrogen and oxygen atoms in total. The molecule has 0 unspecified atom stereocenters. The third kappa shape index (κ3) is 6.60. The molecule has 0 bridgehead atoms. The van der Waals surface area contributed by atoms with E-state index < -0.39 is 0 Å². The quantitative estimate of drug-likeness (QED) is 0.214. The van der Waals surface area contributed by atoms with Gasteiger partial charge in [0.2, 0.25) is 0 Å². The van der Waals surface area contributed by atoms with E-state index >= 15 is 0 Å². The van der Waals surface area contributed by atoms with Crippen LogP contribution < -0.4 is 11.1 Å². The van der Waals surface area contributed by atoms with Crippen LogP contribution in [-0.2, 0) is 11.3 Å². The van der Waals surface area contributed by atoms with Crippen molar-refractivity contribution in [3.05, 3.63) is 34.9 Å². The van der Waals surface area contributed by atoms with Gasteiger partial charge in [0.15, 0.2) is 5.84 Å². The molecule has 5 heteroatoms. The molecule has 0 radical (unpaired) electrons. The Balaban J connectivity index is 2.30. The Hall–Kier alpha value is -1.59. The van der Waals surface area contributed by atoms with Gasteiger partial charge in [-0.15, -0.1) is 0 Å². The highest BCUT2D eigenvalue weighted by atomic mass is 16.5. The van der Waals surface area contributed by atoms with E-state index in [1.165, 1.54) is 5.56 Å². The maximum absolute atomic E-state index is 8.67. The fourth-order valence-corrected chi connectivity index (χ4v) is 1.95. The van der Waals surface area contributed by atoms with Crippen LogP contribution in [0.3, 0.4) is 0 Å². The molecule has 0 aliphatic heterocycles. The fourth-order valence-electron chi connectivity index (χ4n) is 1.95. The van der Waals surface area contributed by atoms with Crippen molar-refractivity contribution in [1.29, 1.82) is 0 Å². The molecule has 21 heavy (non-hydrogen) atoms. The number of rotatable bonds is 9. The molecule has 1 aromatic carbocycles. The topological polar surface area (TPSA) is 79.9 Å². The largest absolute Gasteiger partial charge is 0.409 e. The van der Waals surface area contributed by atoms with Gasteiger partial charge in [-0.2, -0.15) is 0 Å². The second kappa shape index (κ2) is 9.37. The van der Waals surface area contributed by atoms with Crippen molar-refractivity contribution in [2.45, 2.75) is 33.7 Å². The lowest BCUT2D eigenvalue weighted by Crippen LogP contribution is -2.18. The number of hydrogen-bond acceptors (Lipinski definition) is 4. The molecular formula is C16H27N3O2. The third-order valence-electron chi connectivity index (χ3n) is 3.15. The highest BCUT2D eigenvalue weighted by molar-refractivity contribution is 5.97. The number of aryl methyl sites for hydroxylation is 1. The van der Waals surface area contributed by atoms with Gasteiger partial charge >= 0.3 is 0 Å². The van der Waals surface area contributed by atoms with E-state index in [1.54, 1.807) is 0 Å². The van der Waals surface area contributed by atoms with Crippen LogP contribution in [0.2, 0.25) is 0 Å². The molecule has 0 fully saturated rings. The number of ether oxygens (including phenoxy) is 1. The van der Waals surface area contributed by atoms with Crippen molar-refractivity contribution in [2.75, 3.05) is 19.8 Å². The summed E-state index contributed by atoms with van der Waals surface area (Å²) in [5.41, 5.74) is 8.65. The maximum Gasteiger partial charge on any atom is 0.170 e. The summed E-state index contributed by atoms with van der Waals surface area (Å²) in [4.78, 5) is 0. The standard InChI is InChI=1S/C16H27N3O2/c1-12(2)11-21-8-4-7-18-10-15-6-5-14(9-13(15)3)16(17)19-20/h5-6,9,12,18,20H,4,7-8,10-11H2,1-3H3,(H2,17,19). The average Bonchev–Trinajstić information content (AvgIpc) is 2.46. The van der Waals surface area contributed by atoms with Gasteiger partial charge in [-0.05, 0) is 43.0 Å². The van der Waals surface area contributed by atoms with Crippen molar-refractivity contribution < 1.29 is 9.94 Å². The lowest BCUT2D eigenvalue weighted by Gasteiger charge is -2.10. The van der Waals surface area contributed by atoms with Gasteiger partial charge in [0.1, 0.15) is 0 Å². The molecule has 0 saturated heterocycles. The lowest BCUT2D eigenvalue weighted by atomic mass is 10.0. The van der Waals surface area contributed by atoms with Crippen LogP contribution in [0, 0.1) is 12.8 Å². The maximum atomic E-state index is 8.67. The predicted molar refractivity (Wildman–Crippen MR) is 85.7 cm³/mol. The molecule has 1 rings (SSSR count). The number of oxime groups is 1. The Morgan fingerprint density at radius 1 is 1.43 bits per heavy atom. The minimum absolute atomic E-state index is 0.139. The molecule has 4 N–H and O–H groups in total. The lowest BCUT2D eigenvalue weighted by molar-refractivity contribution is 0.108. The zero-order chi connectivity index (χ0) is 15.7. The van der Waals surface area contributed by atoms with E-state index in [9.17, 15) is 0 Å². The fraction of sp³-hybridized carbons (Fsp3) is 0.562. The molecule has 0 aliphatic rings. The Bertz CT molecular complexity index is 459. The third-order valence-corrected chi connectivity index (χ3v) is 3.15. The Kier molecular flexibility index (Phi) is 7.79. The molecule has 118 valence electrons. The number of nitrogens with one attached hydrogen (secondary N) is 1. The summed E-state index contributed by atoms with van der Waals surface area (Å²) in [6.45, 7) is 9.70. The van der Waals surface area contributed by atoms with E-state index in [0.717, 1.165) is 43.9 Å². The summed E-state index contributed by atoms with van der Waals surface area (Å²) >= 11 is 0. The summed E-state index contributed by atoms with van der Waals surface area (Å²) in [5.74, 6) is 0.730. The van der Waals surface area contributed by atoms with E-state index in [4.69, 9.17) is 15.7 Å². The first-order chi connectivity index (χ1) is 10.0. The second-order valence-electron chi connectivity index (χ2n) is 5.63. The predicted octanol–water partition coefficient (Wildman–Crippen LogP) is 2.24. The van der Waals surface area contributed by atoms with E-state index in [0.29, 0.717) is 5.92 Å². The summed E-state index contributed by atoms with van der Waals surface area (Å²) in [7, 11) is 0. The smallest absolute Gasteiger partial charge is 0.170 e. The van der Waals surface area contributed by atoms with Crippen molar-refractivity contribution in [3.63, 3.8) is 0 Å². The summed E-state index contributed by atoms with van der Waals surface area (Å²) < 4.78 is 5.53. The van der Waals surface area contributed by atoms with Crippen molar-refractivity contribution >= 4 is 5.84 Å². The first kappa shape index (κ1) is 17.5. The molecule has 0 aromatic heterocycles. The zero-order valence-corrected chi connectivity index (χ0v) is 13.2. The number of hydrogen-bond donors (Lipinski definition) is 3. The number of amidine groups is 1. The Morgan fingerprint density at radius 3 is 2.81 bits per heavy atom. The van der Waals surface area contributed by atoms with Gasteiger partial charge in [0.05, 0.1) is 0 Å².